The van der Waals surface area contributed by atoms with Crippen LogP contribution in [0.3, 0.4) is 0 Å². The zero-order valence-corrected chi connectivity index (χ0v) is 14.8. The molecule has 3 amide bonds. The standard InChI is InChI=1S/C18H22N2O6/c1-3-12(2)10-11-19-17(23)13-4-6-14(7-5-13)25-18(24)26-20-15(21)8-9-16(20)22/h4-7,12H,3,8-11H2,1-2H3,(H,19,23). The van der Waals surface area contributed by atoms with Crippen LogP contribution < -0.4 is 10.1 Å². The Bertz CT molecular complexity index is 669. The molecule has 1 atom stereocenters. The van der Waals surface area contributed by atoms with Crippen LogP contribution in [0.5, 0.6) is 5.75 Å². The van der Waals surface area contributed by atoms with Gasteiger partial charge in [-0.3, -0.25) is 19.2 Å². The first-order chi connectivity index (χ1) is 12.4. The highest BCUT2D eigenvalue weighted by molar-refractivity contribution is 6.01. The number of imide groups is 1. The van der Waals surface area contributed by atoms with Gasteiger partial charge in [-0.05, 0) is 36.6 Å². The highest BCUT2D eigenvalue weighted by Gasteiger charge is 2.33. The summed E-state index contributed by atoms with van der Waals surface area (Å²) in [6.07, 6.45) is 0.787. The summed E-state index contributed by atoms with van der Waals surface area (Å²) in [5, 5.41) is 3.23. The molecule has 26 heavy (non-hydrogen) atoms. The van der Waals surface area contributed by atoms with Crippen molar-refractivity contribution < 1.29 is 28.8 Å². The Morgan fingerprint density at radius 2 is 1.77 bits per heavy atom. The summed E-state index contributed by atoms with van der Waals surface area (Å²) < 4.78 is 4.90. The third-order valence-electron chi connectivity index (χ3n) is 4.11. The summed E-state index contributed by atoms with van der Waals surface area (Å²) >= 11 is 0. The van der Waals surface area contributed by atoms with Crippen molar-refractivity contribution in [2.45, 2.75) is 39.5 Å². The van der Waals surface area contributed by atoms with Gasteiger partial charge in [-0.25, -0.2) is 4.79 Å². The number of hydrogen-bond donors (Lipinski definition) is 1. The molecule has 0 aliphatic carbocycles. The molecule has 140 valence electrons. The van der Waals surface area contributed by atoms with Crippen molar-refractivity contribution in [2.75, 3.05) is 6.54 Å². The first-order valence-electron chi connectivity index (χ1n) is 8.54. The third kappa shape index (κ3) is 5.30. The summed E-state index contributed by atoms with van der Waals surface area (Å²) in [6.45, 7) is 4.82. The molecule has 1 aliphatic rings. The monoisotopic (exact) mass is 362 g/mol. The summed E-state index contributed by atoms with van der Waals surface area (Å²) in [5.41, 5.74) is 0.430. The number of rotatable bonds is 7. The second-order valence-electron chi connectivity index (χ2n) is 6.11. The van der Waals surface area contributed by atoms with Crippen LogP contribution in [0.15, 0.2) is 24.3 Å². The molecule has 0 bridgehead atoms. The number of amides is 3. The minimum absolute atomic E-state index is 0.00690. The van der Waals surface area contributed by atoms with E-state index in [9.17, 15) is 19.2 Å². The lowest BCUT2D eigenvalue weighted by molar-refractivity contribution is -0.174. The molecule has 8 heteroatoms. The van der Waals surface area contributed by atoms with Gasteiger partial charge in [0.05, 0.1) is 0 Å². The van der Waals surface area contributed by atoms with Gasteiger partial charge in [0.15, 0.2) is 0 Å². The fourth-order valence-electron chi connectivity index (χ4n) is 2.26. The van der Waals surface area contributed by atoms with Crippen molar-refractivity contribution in [3.05, 3.63) is 29.8 Å². The van der Waals surface area contributed by atoms with Gasteiger partial charge in [-0.1, -0.05) is 25.3 Å². The Labute approximate surface area is 151 Å². The van der Waals surface area contributed by atoms with Crippen LogP contribution in [-0.4, -0.2) is 35.5 Å². The second-order valence-corrected chi connectivity index (χ2v) is 6.11. The molecule has 1 N–H and O–H groups in total. The van der Waals surface area contributed by atoms with Gasteiger partial charge in [-0.15, -0.1) is 0 Å². The lowest BCUT2D eigenvalue weighted by atomic mass is 10.1. The molecule has 1 saturated heterocycles. The normalized spacial score (nSPS) is 14.9. The maximum absolute atomic E-state index is 12.0. The number of hydrogen-bond acceptors (Lipinski definition) is 6. The summed E-state index contributed by atoms with van der Waals surface area (Å²) in [7, 11) is 0. The summed E-state index contributed by atoms with van der Waals surface area (Å²) in [4.78, 5) is 51.0. The molecule has 0 radical (unpaired) electrons. The van der Waals surface area contributed by atoms with E-state index in [1.54, 1.807) is 0 Å². The Balaban J connectivity index is 1.83. The van der Waals surface area contributed by atoms with E-state index in [0.717, 1.165) is 12.8 Å². The Hall–Kier alpha value is -2.90. The largest absolute Gasteiger partial charge is 0.539 e. The molecule has 0 aromatic heterocycles. The second kappa shape index (κ2) is 8.98. The van der Waals surface area contributed by atoms with Crippen LogP contribution in [0.25, 0.3) is 0 Å². The van der Waals surface area contributed by atoms with Gasteiger partial charge in [0.2, 0.25) is 0 Å². The number of nitrogens with one attached hydrogen (secondary N) is 1. The first-order valence-corrected chi connectivity index (χ1v) is 8.54. The van der Waals surface area contributed by atoms with Crippen molar-refractivity contribution in [1.29, 1.82) is 0 Å². The molecule has 2 rings (SSSR count). The molecule has 1 fully saturated rings. The van der Waals surface area contributed by atoms with Crippen LogP contribution in [0, 0.1) is 5.92 Å². The highest BCUT2D eigenvalue weighted by Crippen LogP contribution is 2.16. The van der Waals surface area contributed by atoms with Gasteiger partial charge >= 0.3 is 6.16 Å². The fraction of sp³-hybridized carbons (Fsp3) is 0.444. The van der Waals surface area contributed by atoms with Gasteiger partial charge in [-0.2, -0.15) is 0 Å². The van der Waals surface area contributed by atoms with Crippen molar-refractivity contribution in [1.82, 2.24) is 10.4 Å². The molecule has 1 unspecified atom stereocenters. The minimum Gasteiger partial charge on any atom is -0.393 e. The SMILES string of the molecule is CCC(C)CCNC(=O)c1ccc(OC(=O)ON2C(=O)CCC2=O)cc1. The van der Waals surface area contributed by atoms with E-state index in [0.29, 0.717) is 23.1 Å². The zero-order chi connectivity index (χ0) is 19.1. The molecule has 1 aromatic carbocycles. The van der Waals surface area contributed by atoms with E-state index in [1.165, 1.54) is 24.3 Å². The van der Waals surface area contributed by atoms with E-state index in [4.69, 9.17) is 4.74 Å². The maximum Gasteiger partial charge on any atom is 0.539 e. The molecule has 1 aromatic rings. The molecule has 0 spiro atoms. The lowest BCUT2D eigenvalue weighted by Crippen LogP contribution is -2.33. The van der Waals surface area contributed by atoms with Crippen molar-refractivity contribution >= 4 is 23.9 Å². The van der Waals surface area contributed by atoms with Gasteiger partial charge in [0, 0.05) is 24.9 Å². The van der Waals surface area contributed by atoms with Crippen LogP contribution in [0.4, 0.5) is 4.79 Å². The molecule has 8 nitrogen and oxygen atoms in total. The topological polar surface area (TPSA) is 102 Å². The van der Waals surface area contributed by atoms with E-state index in [2.05, 4.69) is 24.0 Å². The Morgan fingerprint density at radius 1 is 1.15 bits per heavy atom. The summed E-state index contributed by atoms with van der Waals surface area (Å²) in [6, 6.07) is 5.87. The molecule has 1 aliphatic heterocycles. The van der Waals surface area contributed by atoms with Gasteiger partial charge in [0.25, 0.3) is 17.7 Å². The Morgan fingerprint density at radius 3 is 2.35 bits per heavy atom. The fourth-order valence-corrected chi connectivity index (χ4v) is 2.26. The van der Waals surface area contributed by atoms with Crippen molar-refractivity contribution in [3.63, 3.8) is 0 Å². The summed E-state index contributed by atoms with van der Waals surface area (Å²) in [5.74, 6) is -0.708. The number of carbonyl (C=O) groups is 4. The molecular formula is C18H22N2O6. The van der Waals surface area contributed by atoms with Crippen LogP contribution in [0.1, 0.15) is 49.9 Å². The quantitative estimate of drug-likeness (QED) is 0.454. The first kappa shape index (κ1) is 19.4. The van der Waals surface area contributed by atoms with Crippen LogP contribution in [-0.2, 0) is 14.4 Å². The zero-order valence-electron chi connectivity index (χ0n) is 14.8. The minimum atomic E-state index is -1.20. The number of benzene rings is 1. The number of carbonyl (C=O) groups excluding carboxylic acids is 4. The average Bonchev–Trinajstić information content (AvgIpc) is 2.94. The van der Waals surface area contributed by atoms with E-state index in [-0.39, 0.29) is 24.5 Å². The van der Waals surface area contributed by atoms with E-state index in [1.807, 2.05) is 0 Å². The third-order valence-corrected chi connectivity index (χ3v) is 4.11. The van der Waals surface area contributed by atoms with Crippen molar-refractivity contribution in [2.24, 2.45) is 5.92 Å². The van der Waals surface area contributed by atoms with Gasteiger partial charge < -0.3 is 10.1 Å². The van der Waals surface area contributed by atoms with Gasteiger partial charge in [0.1, 0.15) is 5.75 Å². The number of nitrogens with zero attached hydrogens (tertiary/aromatic N) is 1. The number of hydroxylamine groups is 2. The van der Waals surface area contributed by atoms with E-state index < -0.39 is 18.0 Å². The lowest BCUT2D eigenvalue weighted by Gasteiger charge is -2.12. The molecule has 0 saturated carbocycles. The predicted octanol–water partition coefficient (Wildman–Crippen LogP) is 2.43. The van der Waals surface area contributed by atoms with Crippen molar-refractivity contribution in [3.8, 4) is 5.75 Å². The molecular weight excluding hydrogens is 340 g/mol. The maximum atomic E-state index is 12.0. The molecule has 1 heterocycles. The van der Waals surface area contributed by atoms with E-state index >= 15 is 0 Å². The van der Waals surface area contributed by atoms with Crippen LogP contribution >= 0.6 is 0 Å². The highest BCUT2D eigenvalue weighted by atomic mass is 16.8. The predicted molar refractivity (Wildman–Crippen MR) is 91.0 cm³/mol. The smallest absolute Gasteiger partial charge is 0.393 e. The van der Waals surface area contributed by atoms with Crippen LogP contribution in [0.2, 0.25) is 0 Å². The average molecular weight is 362 g/mol. The Kier molecular flexibility index (Phi) is 6.71. The number of ether oxygens (including phenoxy) is 1.